The van der Waals surface area contributed by atoms with Gasteiger partial charge in [0.25, 0.3) is 11.8 Å². The Bertz CT molecular complexity index is 1540. The minimum absolute atomic E-state index is 0.0182. The second kappa shape index (κ2) is 10.5. The van der Waals surface area contributed by atoms with E-state index in [1.165, 1.54) is 16.0 Å². The number of hydrogen-bond acceptors (Lipinski definition) is 5. The van der Waals surface area contributed by atoms with E-state index in [1.54, 1.807) is 6.07 Å². The lowest BCUT2D eigenvalue weighted by molar-refractivity contribution is -0.136. The van der Waals surface area contributed by atoms with Gasteiger partial charge in [-0.25, -0.2) is 4.39 Å². The van der Waals surface area contributed by atoms with Crippen molar-refractivity contribution in [2.45, 2.75) is 56.4 Å². The molecule has 0 aliphatic carbocycles. The Morgan fingerprint density at radius 3 is 2.14 bits per heavy atom. The fourth-order valence-corrected chi connectivity index (χ4v) is 7.22. The standard InChI is InChI=1S/C33H31FN4O4/c34-26-16-22(15-23-17-38(33(42)29(23)26)27-13-14-28(39)35-31(27)40)32(41)37-19-24-11-12-25(37)18-36(24)30(20-7-3-1-4-8-20)21-9-5-2-6-10-21/h1-10,15-16,24-25,27,30H,11-14,17-19H2,(H,35,39,40). The van der Waals surface area contributed by atoms with Crippen LogP contribution in [0.15, 0.2) is 72.8 Å². The van der Waals surface area contributed by atoms with Gasteiger partial charge >= 0.3 is 0 Å². The predicted octanol–water partition coefficient (Wildman–Crippen LogP) is 3.67. The lowest BCUT2D eigenvalue weighted by Gasteiger charge is -2.54. The number of carbonyl (C=O) groups is 4. The summed E-state index contributed by atoms with van der Waals surface area (Å²) in [4.78, 5) is 56.6. The van der Waals surface area contributed by atoms with Crippen molar-refractivity contribution < 1.29 is 23.6 Å². The summed E-state index contributed by atoms with van der Waals surface area (Å²) in [6, 6.07) is 22.9. The molecular formula is C33H31FN4O4. The highest BCUT2D eigenvalue weighted by Crippen LogP contribution is 2.39. The highest BCUT2D eigenvalue weighted by molar-refractivity contribution is 6.06. The molecule has 214 valence electrons. The molecule has 5 aliphatic rings. The summed E-state index contributed by atoms with van der Waals surface area (Å²) < 4.78 is 15.4. The lowest BCUT2D eigenvalue weighted by atomic mass is 9.85. The molecule has 0 radical (unpaired) electrons. The molecule has 42 heavy (non-hydrogen) atoms. The summed E-state index contributed by atoms with van der Waals surface area (Å²) in [5, 5.41) is 2.26. The van der Waals surface area contributed by atoms with Gasteiger partial charge in [0.05, 0.1) is 11.6 Å². The number of piperidine rings is 3. The van der Waals surface area contributed by atoms with Gasteiger partial charge in [0, 0.05) is 43.7 Å². The molecule has 4 amide bonds. The van der Waals surface area contributed by atoms with E-state index in [9.17, 15) is 19.2 Å². The molecule has 3 aromatic carbocycles. The molecule has 4 saturated heterocycles. The van der Waals surface area contributed by atoms with Crippen LogP contribution < -0.4 is 5.32 Å². The number of nitrogens with one attached hydrogen (secondary N) is 1. The van der Waals surface area contributed by atoms with E-state index in [4.69, 9.17) is 0 Å². The first-order valence-corrected chi connectivity index (χ1v) is 14.5. The van der Waals surface area contributed by atoms with Crippen molar-refractivity contribution in [3.05, 3.63) is 106 Å². The van der Waals surface area contributed by atoms with Crippen LogP contribution in [0, 0.1) is 5.82 Å². The highest BCUT2D eigenvalue weighted by atomic mass is 19.1. The minimum Gasteiger partial charge on any atom is -0.333 e. The number of imide groups is 1. The Hall–Kier alpha value is -4.37. The number of fused-ring (bicyclic) bond motifs is 4. The van der Waals surface area contributed by atoms with Crippen molar-refractivity contribution in [1.29, 1.82) is 0 Å². The number of amides is 4. The zero-order chi connectivity index (χ0) is 29.0. The van der Waals surface area contributed by atoms with E-state index in [1.807, 2.05) is 17.0 Å². The second-order valence-electron chi connectivity index (χ2n) is 11.7. The Morgan fingerprint density at radius 2 is 1.52 bits per heavy atom. The van der Waals surface area contributed by atoms with Gasteiger partial charge in [0.2, 0.25) is 11.8 Å². The first-order chi connectivity index (χ1) is 20.4. The number of benzene rings is 3. The maximum atomic E-state index is 15.4. The number of halogens is 1. The van der Waals surface area contributed by atoms with E-state index >= 15 is 4.39 Å². The molecule has 0 aromatic heterocycles. The second-order valence-corrected chi connectivity index (χ2v) is 11.7. The molecule has 0 saturated carbocycles. The summed E-state index contributed by atoms with van der Waals surface area (Å²) in [6.07, 6.45) is 2.15. The molecule has 3 aromatic rings. The van der Waals surface area contributed by atoms with Crippen LogP contribution in [-0.4, -0.2) is 69.5 Å². The maximum absolute atomic E-state index is 15.4. The van der Waals surface area contributed by atoms with E-state index in [-0.39, 0.29) is 60.5 Å². The van der Waals surface area contributed by atoms with Crippen molar-refractivity contribution in [1.82, 2.24) is 20.0 Å². The molecule has 3 unspecified atom stereocenters. The van der Waals surface area contributed by atoms with Gasteiger partial charge in [-0.3, -0.25) is 29.4 Å². The van der Waals surface area contributed by atoms with Gasteiger partial charge < -0.3 is 9.80 Å². The molecule has 9 heteroatoms. The van der Waals surface area contributed by atoms with Crippen molar-refractivity contribution >= 4 is 23.6 Å². The van der Waals surface area contributed by atoms with Crippen LogP contribution in [-0.2, 0) is 16.1 Å². The zero-order valence-corrected chi connectivity index (χ0v) is 23.0. The van der Waals surface area contributed by atoms with Gasteiger partial charge in [0.1, 0.15) is 11.9 Å². The SMILES string of the molecule is O=C1CCC(N2Cc3cc(C(=O)N4CC5CCC4CN5C(c4ccccc4)c4ccccc4)cc(F)c3C2=O)C(=O)N1. The third-order valence-corrected chi connectivity index (χ3v) is 9.22. The Balaban J connectivity index is 1.12. The van der Waals surface area contributed by atoms with E-state index in [0.717, 1.165) is 18.9 Å². The van der Waals surface area contributed by atoms with Gasteiger partial charge in [-0.05, 0) is 48.1 Å². The fraction of sp³-hybridized carbons (Fsp3) is 0.333. The molecule has 3 atom stereocenters. The van der Waals surface area contributed by atoms with Crippen molar-refractivity contribution in [2.24, 2.45) is 0 Å². The minimum atomic E-state index is -0.841. The van der Waals surface area contributed by atoms with Gasteiger partial charge in [-0.2, -0.15) is 0 Å². The molecule has 8 rings (SSSR count). The van der Waals surface area contributed by atoms with Gasteiger partial charge in [-0.1, -0.05) is 60.7 Å². The summed E-state index contributed by atoms with van der Waals surface area (Å²) >= 11 is 0. The van der Waals surface area contributed by atoms with Gasteiger partial charge in [-0.15, -0.1) is 0 Å². The number of carbonyl (C=O) groups excluding carboxylic acids is 4. The molecular weight excluding hydrogens is 535 g/mol. The third-order valence-electron chi connectivity index (χ3n) is 9.22. The molecule has 5 aliphatic heterocycles. The normalized spacial score (nSPS) is 23.9. The van der Waals surface area contributed by atoms with Crippen LogP contribution in [0.25, 0.3) is 0 Å². The maximum Gasteiger partial charge on any atom is 0.258 e. The van der Waals surface area contributed by atoms with Crippen LogP contribution in [0.2, 0.25) is 0 Å². The number of piperazine rings is 1. The first-order valence-electron chi connectivity index (χ1n) is 14.5. The van der Waals surface area contributed by atoms with E-state index < -0.39 is 23.7 Å². The highest BCUT2D eigenvalue weighted by Gasteiger charge is 2.45. The summed E-state index contributed by atoms with van der Waals surface area (Å²) in [7, 11) is 0. The zero-order valence-electron chi connectivity index (χ0n) is 23.0. The molecule has 8 nitrogen and oxygen atoms in total. The fourth-order valence-electron chi connectivity index (χ4n) is 7.22. The molecule has 1 N–H and O–H groups in total. The van der Waals surface area contributed by atoms with Crippen molar-refractivity contribution in [2.75, 3.05) is 13.1 Å². The summed E-state index contributed by atoms with van der Waals surface area (Å²) in [5.74, 6) is -2.52. The Morgan fingerprint density at radius 1 is 0.857 bits per heavy atom. The number of hydrogen-bond donors (Lipinski definition) is 1. The monoisotopic (exact) mass is 566 g/mol. The molecule has 4 fully saturated rings. The van der Waals surface area contributed by atoms with Gasteiger partial charge in [0.15, 0.2) is 0 Å². The van der Waals surface area contributed by atoms with Crippen LogP contribution in [0.5, 0.6) is 0 Å². The average molecular weight is 567 g/mol. The first kappa shape index (κ1) is 26.5. The lowest BCUT2D eigenvalue weighted by Crippen LogP contribution is -2.64. The van der Waals surface area contributed by atoms with Crippen LogP contribution >= 0.6 is 0 Å². The number of rotatable bonds is 5. The molecule has 5 heterocycles. The van der Waals surface area contributed by atoms with E-state index in [0.29, 0.717) is 18.7 Å². The number of nitrogens with zero attached hydrogens (tertiary/aromatic N) is 3. The Kier molecular flexibility index (Phi) is 6.61. The Labute approximate surface area is 243 Å². The van der Waals surface area contributed by atoms with Crippen LogP contribution in [0.3, 0.4) is 0 Å². The molecule has 0 spiro atoms. The van der Waals surface area contributed by atoms with Crippen LogP contribution in [0.4, 0.5) is 4.39 Å². The largest absolute Gasteiger partial charge is 0.333 e. The predicted molar refractivity (Wildman–Crippen MR) is 152 cm³/mol. The third kappa shape index (κ3) is 4.48. The topological polar surface area (TPSA) is 90.0 Å². The van der Waals surface area contributed by atoms with E-state index in [2.05, 4.69) is 58.7 Å². The summed E-state index contributed by atoms with van der Waals surface area (Å²) in [6.45, 7) is 1.27. The quantitative estimate of drug-likeness (QED) is 0.476. The average Bonchev–Trinajstić information content (AvgIpc) is 3.34. The molecule has 2 bridgehead atoms. The smallest absolute Gasteiger partial charge is 0.258 e. The van der Waals surface area contributed by atoms with Crippen molar-refractivity contribution in [3.8, 4) is 0 Å². The van der Waals surface area contributed by atoms with Crippen LogP contribution in [0.1, 0.15) is 69.1 Å². The summed E-state index contributed by atoms with van der Waals surface area (Å²) in [5.41, 5.74) is 2.92. The van der Waals surface area contributed by atoms with Crippen molar-refractivity contribution in [3.63, 3.8) is 0 Å².